The number of carbonyl (C=O) groups is 1. The van der Waals surface area contributed by atoms with Crippen LogP contribution < -0.4 is 15.0 Å². The highest BCUT2D eigenvalue weighted by molar-refractivity contribution is 6.01. The second kappa shape index (κ2) is 12.3. The van der Waals surface area contributed by atoms with Crippen molar-refractivity contribution in [1.29, 1.82) is 0 Å². The number of rotatable bonds is 4. The molecule has 8 rings (SSSR count). The smallest absolute Gasteiger partial charge is 0.318 e. The van der Waals surface area contributed by atoms with E-state index in [1.54, 1.807) is 18.3 Å². The number of hydrogen-bond acceptors (Lipinski definition) is 7. The first kappa shape index (κ1) is 30.7. The molecule has 4 saturated heterocycles. The van der Waals surface area contributed by atoms with Gasteiger partial charge in [0, 0.05) is 55.8 Å². The highest BCUT2D eigenvalue weighted by Gasteiger charge is 2.42. The number of anilines is 1. The summed E-state index contributed by atoms with van der Waals surface area (Å²) >= 11 is 0. The molecular formula is C35H39F3N6O2. The molecule has 1 amide bonds. The number of aryl methyl sites for hydroxylation is 1. The number of carbonyl (C=O) groups excluding carboxylic acids is 1. The Morgan fingerprint density at radius 3 is 2.76 bits per heavy atom. The Bertz CT molecular complexity index is 1790. The molecule has 4 aromatic rings. The van der Waals surface area contributed by atoms with Crippen LogP contribution >= 0.6 is 0 Å². The number of alkyl halides is 1. The number of pyridine rings is 1. The summed E-state index contributed by atoms with van der Waals surface area (Å²) in [5, 5.41) is 4.89. The van der Waals surface area contributed by atoms with Crippen molar-refractivity contribution >= 4 is 33.4 Å². The molecule has 2 aromatic heterocycles. The summed E-state index contributed by atoms with van der Waals surface area (Å²) in [6.45, 7) is 5.69. The maximum absolute atomic E-state index is 16.3. The van der Waals surface area contributed by atoms with Crippen LogP contribution in [0.3, 0.4) is 0 Å². The molecule has 8 nitrogen and oxygen atoms in total. The lowest BCUT2D eigenvalue weighted by Crippen LogP contribution is -2.45. The van der Waals surface area contributed by atoms with Crippen LogP contribution in [0.15, 0.2) is 36.5 Å². The number of ether oxygens (including phenoxy) is 1. The van der Waals surface area contributed by atoms with E-state index in [1.807, 2.05) is 19.1 Å². The minimum atomic E-state index is -0.609. The predicted octanol–water partition coefficient (Wildman–Crippen LogP) is 5.99. The summed E-state index contributed by atoms with van der Waals surface area (Å²) in [7, 11) is 1.45. The Kier molecular flexibility index (Phi) is 8.21. The zero-order chi connectivity index (χ0) is 32.0. The Morgan fingerprint density at radius 1 is 1.13 bits per heavy atom. The molecule has 2 aromatic carbocycles. The molecule has 1 spiro atoms. The molecule has 0 saturated carbocycles. The first-order valence-electron chi connectivity index (χ1n) is 16.3. The van der Waals surface area contributed by atoms with Gasteiger partial charge in [-0.25, -0.2) is 13.2 Å². The second-order valence-electron chi connectivity index (χ2n) is 13.1. The summed E-state index contributed by atoms with van der Waals surface area (Å²) in [4.78, 5) is 29.8. The van der Waals surface area contributed by atoms with Crippen LogP contribution in [0.25, 0.3) is 32.9 Å². The van der Waals surface area contributed by atoms with E-state index in [2.05, 4.69) is 30.1 Å². The highest BCUT2D eigenvalue weighted by Crippen LogP contribution is 2.41. The van der Waals surface area contributed by atoms with Gasteiger partial charge in [-0.3, -0.25) is 14.7 Å². The van der Waals surface area contributed by atoms with Gasteiger partial charge in [0.2, 0.25) is 5.91 Å². The number of amides is 1. The van der Waals surface area contributed by atoms with E-state index in [0.29, 0.717) is 66.2 Å². The van der Waals surface area contributed by atoms with E-state index in [-0.39, 0.29) is 34.4 Å². The molecule has 3 unspecified atom stereocenters. The molecule has 4 aliphatic rings. The molecule has 6 heterocycles. The van der Waals surface area contributed by atoms with Gasteiger partial charge in [-0.15, -0.1) is 0 Å². The number of hydrogen-bond donors (Lipinski definition) is 1. The molecule has 242 valence electrons. The Hall–Kier alpha value is -3.99. The van der Waals surface area contributed by atoms with Crippen LogP contribution in [0.5, 0.6) is 6.01 Å². The van der Waals surface area contributed by atoms with E-state index in [1.165, 1.54) is 26.0 Å². The van der Waals surface area contributed by atoms with Gasteiger partial charge in [0.25, 0.3) is 0 Å². The Balaban J connectivity index is 0.000000321. The van der Waals surface area contributed by atoms with Crippen LogP contribution in [-0.4, -0.2) is 77.8 Å². The van der Waals surface area contributed by atoms with Gasteiger partial charge in [0.1, 0.15) is 29.0 Å². The van der Waals surface area contributed by atoms with E-state index >= 15 is 4.39 Å². The van der Waals surface area contributed by atoms with Crippen molar-refractivity contribution in [2.45, 2.75) is 64.1 Å². The largest absolute Gasteiger partial charge is 0.467 e. The number of aromatic nitrogens is 3. The Labute approximate surface area is 266 Å². The standard InChI is InChI=1S/C28H27F2N5O2.C7H12FN/c1-3-17-20(29)9-8-16-6-4-7-18(22(16)17)24-23(30)25-19(13-31-24)26(34-27(33-25)37-2)35-11-5-10-28(15-35)12-21(36)32-14-28;8-6-4-7-2-1-3-9(7)5-6/h4,6-9,13H,3,5,10-12,14-15H2,1-2H3,(H,32,36);6-7H,1-5H2. The first-order valence-corrected chi connectivity index (χ1v) is 16.3. The third-order valence-electron chi connectivity index (χ3n) is 10.1. The fourth-order valence-corrected chi connectivity index (χ4v) is 7.97. The fourth-order valence-electron chi connectivity index (χ4n) is 7.97. The average Bonchev–Trinajstić information content (AvgIpc) is 3.75. The SMILES string of the molecule is CCc1c(F)ccc2cccc(-c3ncc4c(N5CCCC6(CNC(=O)C6)C5)nc(OC)nc4c3F)c12.FC1CC2CCCN2C1. The van der Waals surface area contributed by atoms with Crippen LogP contribution in [0, 0.1) is 17.0 Å². The van der Waals surface area contributed by atoms with Gasteiger partial charge in [0.15, 0.2) is 5.82 Å². The molecule has 4 fully saturated rings. The molecule has 0 aliphatic carbocycles. The molecule has 0 radical (unpaired) electrons. The lowest BCUT2D eigenvalue weighted by Gasteiger charge is -2.40. The summed E-state index contributed by atoms with van der Waals surface area (Å²) in [5.41, 5.74) is 1.06. The van der Waals surface area contributed by atoms with E-state index < -0.39 is 12.0 Å². The van der Waals surface area contributed by atoms with E-state index in [4.69, 9.17) is 4.74 Å². The zero-order valence-corrected chi connectivity index (χ0v) is 26.3. The number of benzene rings is 2. The van der Waals surface area contributed by atoms with Gasteiger partial charge in [-0.05, 0) is 67.5 Å². The van der Waals surface area contributed by atoms with Gasteiger partial charge in [0.05, 0.1) is 12.5 Å². The number of nitrogens with one attached hydrogen (secondary N) is 1. The number of nitrogens with zero attached hydrogens (tertiary/aromatic N) is 5. The molecule has 3 atom stereocenters. The van der Waals surface area contributed by atoms with E-state index in [9.17, 15) is 13.6 Å². The molecular weight excluding hydrogens is 593 g/mol. The molecule has 0 bridgehead atoms. The van der Waals surface area contributed by atoms with Crippen molar-refractivity contribution in [3.63, 3.8) is 0 Å². The van der Waals surface area contributed by atoms with Crippen molar-refractivity contribution in [2.75, 3.05) is 44.7 Å². The lowest BCUT2D eigenvalue weighted by atomic mass is 9.79. The molecule has 4 aliphatic heterocycles. The van der Waals surface area contributed by atoms with Gasteiger partial charge in [-0.1, -0.05) is 31.2 Å². The van der Waals surface area contributed by atoms with Gasteiger partial charge >= 0.3 is 6.01 Å². The van der Waals surface area contributed by atoms with Crippen LogP contribution in [0.2, 0.25) is 0 Å². The van der Waals surface area contributed by atoms with Crippen molar-refractivity contribution in [3.8, 4) is 17.3 Å². The second-order valence-corrected chi connectivity index (χ2v) is 13.1. The summed E-state index contributed by atoms with van der Waals surface area (Å²) in [6, 6.07) is 9.26. The van der Waals surface area contributed by atoms with Gasteiger partial charge in [-0.2, -0.15) is 9.97 Å². The van der Waals surface area contributed by atoms with Crippen LogP contribution in [-0.2, 0) is 11.2 Å². The molecule has 11 heteroatoms. The predicted molar refractivity (Wildman–Crippen MR) is 172 cm³/mol. The number of methoxy groups -OCH3 is 1. The summed E-state index contributed by atoms with van der Waals surface area (Å²) < 4.78 is 48.9. The quantitative estimate of drug-likeness (QED) is 0.296. The first-order chi connectivity index (χ1) is 22.3. The fraction of sp³-hybridized carbons (Fsp3) is 0.486. The third kappa shape index (κ3) is 5.52. The summed E-state index contributed by atoms with van der Waals surface area (Å²) in [6.07, 6.45) is 7.16. The minimum absolute atomic E-state index is 0.0528. The number of halogens is 3. The average molecular weight is 633 g/mol. The molecule has 46 heavy (non-hydrogen) atoms. The van der Waals surface area contributed by atoms with Crippen LogP contribution in [0.4, 0.5) is 19.0 Å². The normalized spacial score (nSPS) is 24.4. The van der Waals surface area contributed by atoms with Crippen LogP contribution in [0.1, 0.15) is 51.0 Å². The maximum atomic E-state index is 16.3. The number of fused-ring (bicyclic) bond motifs is 3. The summed E-state index contributed by atoms with van der Waals surface area (Å²) in [5.74, 6) is -0.338. The molecule has 1 N–H and O–H groups in total. The number of piperidine rings is 1. The van der Waals surface area contributed by atoms with Crippen molar-refractivity contribution in [2.24, 2.45) is 5.41 Å². The zero-order valence-electron chi connectivity index (χ0n) is 26.3. The maximum Gasteiger partial charge on any atom is 0.318 e. The third-order valence-corrected chi connectivity index (χ3v) is 10.1. The van der Waals surface area contributed by atoms with Crippen molar-refractivity contribution < 1.29 is 22.7 Å². The van der Waals surface area contributed by atoms with E-state index in [0.717, 1.165) is 37.7 Å². The highest BCUT2D eigenvalue weighted by atomic mass is 19.1. The lowest BCUT2D eigenvalue weighted by molar-refractivity contribution is -0.119. The van der Waals surface area contributed by atoms with Gasteiger partial charge < -0.3 is 15.0 Å². The minimum Gasteiger partial charge on any atom is -0.467 e. The Morgan fingerprint density at radius 2 is 2.00 bits per heavy atom. The van der Waals surface area contributed by atoms with Crippen molar-refractivity contribution in [3.05, 3.63) is 53.7 Å². The monoisotopic (exact) mass is 632 g/mol. The van der Waals surface area contributed by atoms with Crippen molar-refractivity contribution in [1.82, 2.24) is 25.2 Å². The topological polar surface area (TPSA) is 83.5 Å².